The monoisotopic (exact) mass is 444 g/mol. The Morgan fingerprint density at radius 2 is 1.23 bits per heavy atom. The smallest absolute Gasteiger partial charge is 0.306 e. The van der Waals surface area contributed by atoms with E-state index in [1.54, 1.807) is 0 Å². The van der Waals surface area contributed by atoms with Crippen LogP contribution in [0.2, 0.25) is 0 Å². The first kappa shape index (κ1) is 27.0. The highest BCUT2D eigenvalue weighted by atomic mass is 19.2. The maximum atomic E-state index is 13.5. The van der Waals surface area contributed by atoms with E-state index in [4.69, 9.17) is 9.47 Å². The van der Waals surface area contributed by atoms with E-state index in [9.17, 15) is 22.8 Å². The van der Waals surface area contributed by atoms with Gasteiger partial charge in [-0.2, -0.15) is 0 Å². The van der Waals surface area contributed by atoms with Crippen LogP contribution in [0.1, 0.15) is 96.0 Å². The zero-order chi connectivity index (χ0) is 22.9. The summed E-state index contributed by atoms with van der Waals surface area (Å²) in [4.78, 5) is 23.3. The second kappa shape index (κ2) is 16.6. The van der Waals surface area contributed by atoms with Gasteiger partial charge < -0.3 is 9.47 Å². The quantitative estimate of drug-likeness (QED) is 0.151. The first-order valence-electron chi connectivity index (χ1n) is 11.4. The van der Waals surface area contributed by atoms with Crippen LogP contribution in [-0.2, 0) is 25.7 Å². The molecular weight excluding hydrogens is 409 g/mol. The van der Waals surface area contributed by atoms with Crippen molar-refractivity contribution in [1.82, 2.24) is 0 Å². The average molecular weight is 445 g/mol. The maximum absolute atomic E-state index is 13.5. The molecule has 176 valence electrons. The molecule has 0 aromatic heterocycles. The number of carbonyl (C=O) groups is 2. The Bertz CT molecular complexity index is 664. The number of hydrogen-bond donors (Lipinski definition) is 0. The van der Waals surface area contributed by atoms with E-state index in [1.165, 1.54) is 44.9 Å². The topological polar surface area (TPSA) is 52.6 Å². The molecule has 1 aromatic carbocycles. The van der Waals surface area contributed by atoms with Crippen molar-refractivity contribution in [3.63, 3.8) is 0 Å². The van der Waals surface area contributed by atoms with Crippen molar-refractivity contribution in [1.29, 1.82) is 0 Å². The number of ether oxygens (including phenoxy) is 2. The molecule has 0 saturated carbocycles. The van der Waals surface area contributed by atoms with Crippen molar-refractivity contribution in [3.05, 3.63) is 35.1 Å². The summed E-state index contributed by atoms with van der Waals surface area (Å²) in [5, 5.41) is 0. The number of hydrogen-bond acceptors (Lipinski definition) is 4. The molecule has 0 saturated heterocycles. The Hall–Kier alpha value is -2.05. The summed E-state index contributed by atoms with van der Waals surface area (Å²) < 4.78 is 50.0. The summed E-state index contributed by atoms with van der Waals surface area (Å²) in [6.07, 6.45) is 12.2. The van der Waals surface area contributed by atoms with Crippen LogP contribution in [0.3, 0.4) is 0 Å². The van der Waals surface area contributed by atoms with E-state index in [1.807, 2.05) is 0 Å². The first-order valence-corrected chi connectivity index (χ1v) is 11.4. The van der Waals surface area contributed by atoms with Crippen molar-refractivity contribution in [3.8, 4) is 0 Å². The van der Waals surface area contributed by atoms with Crippen molar-refractivity contribution in [2.75, 3.05) is 6.61 Å². The van der Waals surface area contributed by atoms with Crippen molar-refractivity contribution in [2.24, 2.45) is 0 Å². The first-order chi connectivity index (χ1) is 15.0. The van der Waals surface area contributed by atoms with Gasteiger partial charge in [-0.05, 0) is 25.0 Å². The van der Waals surface area contributed by atoms with Crippen molar-refractivity contribution < 1.29 is 32.2 Å². The summed E-state index contributed by atoms with van der Waals surface area (Å²) in [6.45, 7) is 1.89. The van der Waals surface area contributed by atoms with Gasteiger partial charge >= 0.3 is 11.9 Å². The summed E-state index contributed by atoms with van der Waals surface area (Å²) in [7, 11) is 0. The van der Waals surface area contributed by atoms with Crippen LogP contribution in [0, 0.1) is 17.5 Å². The molecule has 0 fully saturated rings. The molecule has 0 spiro atoms. The SMILES string of the molecule is CCCCCCCCCCCCOC(=O)CCCC(=O)OCc1c(F)ccc(F)c1F. The number of carbonyl (C=O) groups excluding carboxylic acids is 2. The fourth-order valence-electron chi connectivity index (χ4n) is 3.15. The van der Waals surface area contributed by atoms with E-state index < -0.39 is 35.6 Å². The minimum atomic E-state index is -1.37. The lowest BCUT2D eigenvalue weighted by Crippen LogP contribution is -2.10. The highest BCUT2D eigenvalue weighted by molar-refractivity contribution is 5.72. The van der Waals surface area contributed by atoms with Gasteiger partial charge in [-0.3, -0.25) is 9.59 Å². The van der Waals surface area contributed by atoms with Crippen LogP contribution in [0.15, 0.2) is 12.1 Å². The van der Waals surface area contributed by atoms with Crippen LogP contribution in [0.25, 0.3) is 0 Å². The highest BCUT2D eigenvalue weighted by Gasteiger charge is 2.16. The molecule has 0 aliphatic heterocycles. The minimum absolute atomic E-state index is 0.0650. The Kier molecular flexibility index (Phi) is 14.5. The molecule has 0 heterocycles. The predicted octanol–water partition coefficient (Wildman–Crippen LogP) is 6.78. The van der Waals surface area contributed by atoms with Crippen LogP contribution in [-0.4, -0.2) is 18.5 Å². The molecule has 0 amide bonds. The lowest BCUT2D eigenvalue weighted by atomic mass is 10.1. The molecule has 1 aromatic rings. The molecule has 0 aliphatic carbocycles. The second-order valence-corrected chi connectivity index (χ2v) is 7.74. The van der Waals surface area contributed by atoms with E-state index in [0.29, 0.717) is 12.7 Å². The minimum Gasteiger partial charge on any atom is -0.466 e. The fraction of sp³-hybridized carbons (Fsp3) is 0.667. The molecule has 4 nitrogen and oxygen atoms in total. The van der Waals surface area contributed by atoms with E-state index in [-0.39, 0.29) is 25.2 Å². The zero-order valence-electron chi connectivity index (χ0n) is 18.5. The van der Waals surface area contributed by atoms with Gasteiger partial charge in [0.2, 0.25) is 0 Å². The van der Waals surface area contributed by atoms with Gasteiger partial charge in [0.1, 0.15) is 12.4 Å². The summed E-state index contributed by atoms with van der Waals surface area (Å²) in [6, 6.07) is 1.43. The number of unbranched alkanes of at least 4 members (excludes halogenated alkanes) is 9. The number of esters is 2. The van der Waals surface area contributed by atoms with Gasteiger partial charge in [0.05, 0.1) is 12.2 Å². The molecule has 0 unspecified atom stereocenters. The van der Waals surface area contributed by atoms with Gasteiger partial charge in [-0.25, -0.2) is 13.2 Å². The standard InChI is InChI=1S/C24H35F3O4/c1-2-3-4-5-6-7-8-9-10-11-17-30-22(28)13-12-14-23(29)31-18-19-20(25)15-16-21(26)24(19)27/h15-16H,2-14,17-18H2,1H3. The summed E-state index contributed by atoms with van der Waals surface area (Å²) in [5.41, 5.74) is -0.635. The van der Waals surface area contributed by atoms with Crippen LogP contribution in [0.5, 0.6) is 0 Å². The average Bonchev–Trinajstić information content (AvgIpc) is 2.74. The number of benzene rings is 1. The van der Waals surface area contributed by atoms with Crippen molar-refractivity contribution in [2.45, 2.75) is 97.0 Å². The predicted molar refractivity (Wildman–Crippen MR) is 113 cm³/mol. The molecule has 0 N–H and O–H groups in total. The summed E-state index contributed by atoms with van der Waals surface area (Å²) >= 11 is 0. The van der Waals surface area contributed by atoms with Gasteiger partial charge in [0, 0.05) is 12.8 Å². The third-order valence-corrected chi connectivity index (χ3v) is 5.04. The lowest BCUT2D eigenvalue weighted by Gasteiger charge is -2.08. The summed E-state index contributed by atoms with van der Waals surface area (Å²) in [5.74, 6) is -4.67. The fourth-order valence-corrected chi connectivity index (χ4v) is 3.15. The molecule has 0 aliphatic rings. The van der Waals surface area contributed by atoms with Gasteiger partial charge in [0.25, 0.3) is 0 Å². The highest BCUT2D eigenvalue weighted by Crippen LogP contribution is 2.17. The van der Waals surface area contributed by atoms with E-state index >= 15 is 0 Å². The van der Waals surface area contributed by atoms with Crippen LogP contribution in [0.4, 0.5) is 13.2 Å². The van der Waals surface area contributed by atoms with Crippen LogP contribution < -0.4 is 0 Å². The zero-order valence-corrected chi connectivity index (χ0v) is 18.5. The number of rotatable bonds is 17. The normalized spacial score (nSPS) is 10.8. The van der Waals surface area contributed by atoms with Gasteiger partial charge in [-0.1, -0.05) is 64.7 Å². The molecule has 0 atom stereocenters. The van der Waals surface area contributed by atoms with Crippen molar-refractivity contribution >= 4 is 11.9 Å². The molecule has 1 rings (SSSR count). The Morgan fingerprint density at radius 3 is 1.84 bits per heavy atom. The maximum Gasteiger partial charge on any atom is 0.306 e. The Labute approximate surface area is 183 Å². The molecule has 0 radical (unpaired) electrons. The van der Waals surface area contributed by atoms with Crippen LogP contribution >= 0.6 is 0 Å². The van der Waals surface area contributed by atoms with Gasteiger partial charge in [-0.15, -0.1) is 0 Å². The second-order valence-electron chi connectivity index (χ2n) is 7.74. The van der Waals surface area contributed by atoms with E-state index in [0.717, 1.165) is 25.3 Å². The largest absolute Gasteiger partial charge is 0.466 e. The molecular formula is C24H35F3O4. The van der Waals surface area contributed by atoms with Gasteiger partial charge in [0.15, 0.2) is 11.6 Å². The Morgan fingerprint density at radius 1 is 0.710 bits per heavy atom. The van der Waals surface area contributed by atoms with E-state index in [2.05, 4.69) is 6.92 Å². The molecule has 31 heavy (non-hydrogen) atoms. The Balaban J connectivity index is 2.01. The number of halogens is 3. The lowest BCUT2D eigenvalue weighted by molar-refractivity contribution is -0.146. The molecule has 7 heteroatoms. The third-order valence-electron chi connectivity index (χ3n) is 5.04. The molecule has 0 bridgehead atoms. The third kappa shape index (κ3) is 12.4.